The molecule has 6 heteroatoms. The molecule has 1 aromatic heterocycles. The number of carbonyl (C=O) groups is 2. The van der Waals surface area contributed by atoms with Crippen LogP contribution in [0.15, 0.2) is 24.5 Å². The minimum Gasteiger partial charge on any atom is -0.478 e. The molecule has 2 rings (SSSR count). The highest BCUT2D eigenvalue weighted by Gasteiger charge is 2.17. The summed E-state index contributed by atoms with van der Waals surface area (Å²) in [7, 11) is 0. The van der Waals surface area contributed by atoms with Gasteiger partial charge in [0.1, 0.15) is 0 Å². The highest BCUT2D eigenvalue weighted by Crippen LogP contribution is 2.12. The highest BCUT2D eigenvalue weighted by molar-refractivity contribution is 5.98. The molecule has 1 aliphatic heterocycles. The molecule has 0 spiro atoms. The molecule has 0 bridgehead atoms. The largest absolute Gasteiger partial charge is 0.478 e. The summed E-state index contributed by atoms with van der Waals surface area (Å²) in [5.41, 5.74) is 0.895. The van der Waals surface area contributed by atoms with Gasteiger partial charge < -0.3 is 15.2 Å². The molecular weight excluding hydrogens is 260 g/mol. The molecule has 1 fully saturated rings. The Balaban J connectivity index is 2.02. The zero-order valence-corrected chi connectivity index (χ0v) is 10.9. The summed E-state index contributed by atoms with van der Waals surface area (Å²) in [4.78, 5) is 26.5. The average Bonchev–Trinajstić information content (AvgIpc) is 2.96. The number of nitrogens with one attached hydrogen (secondary N) is 1. The molecule has 0 aromatic carbocycles. The number of carboxylic acid groups (broad SMARTS) is 1. The molecule has 0 radical (unpaired) electrons. The summed E-state index contributed by atoms with van der Waals surface area (Å²) in [5, 5.41) is 11.5. The standard InChI is InChI=1S/C14H16N2O4/c17-13(18)2-1-11-8-15-5-3-12(11)14(19)16-7-10-4-6-20-9-10/h1-3,5,8,10H,4,6-7,9H2,(H,16,19)(H,17,18). The minimum absolute atomic E-state index is 0.232. The van der Waals surface area contributed by atoms with Crippen LogP contribution in [0.25, 0.3) is 6.08 Å². The number of carboxylic acids is 1. The first-order chi connectivity index (χ1) is 9.66. The number of nitrogens with zero attached hydrogens (tertiary/aromatic N) is 1. The van der Waals surface area contributed by atoms with Gasteiger partial charge in [-0.1, -0.05) is 0 Å². The number of hydrogen-bond donors (Lipinski definition) is 2. The van der Waals surface area contributed by atoms with Crippen molar-refractivity contribution in [3.8, 4) is 0 Å². The van der Waals surface area contributed by atoms with Gasteiger partial charge in [0.05, 0.1) is 6.61 Å². The van der Waals surface area contributed by atoms with Crippen LogP contribution in [-0.2, 0) is 9.53 Å². The summed E-state index contributed by atoms with van der Waals surface area (Å²) in [5.74, 6) is -0.952. The zero-order chi connectivity index (χ0) is 14.4. The molecule has 2 N–H and O–H groups in total. The number of ether oxygens (including phenoxy) is 1. The third kappa shape index (κ3) is 3.89. The van der Waals surface area contributed by atoms with Gasteiger partial charge in [-0.05, 0) is 18.6 Å². The van der Waals surface area contributed by atoms with Crippen LogP contribution in [0.1, 0.15) is 22.3 Å². The predicted octanol–water partition coefficient (Wildman–Crippen LogP) is 0.946. The first-order valence-electron chi connectivity index (χ1n) is 6.38. The number of aliphatic carboxylic acids is 1. The second-order valence-corrected chi connectivity index (χ2v) is 4.57. The molecule has 1 atom stereocenters. The van der Waals surface area contributed by atoms with E-state index in [1.807, 2.05) is 0 Å². The van der Waals surface area contributed by atoms with Crippen molar-refractivity contribution in [1.29, 1.82) is 0 Å². The first kappa shape index (κ1) is 14.2. The number of amides is 1. The fourth-order valence-corrected chi connectivity index (χ4v) is 1.98. The van der Waals surface area contributed by atoms with Crippen molar-refractivity contribution in [1.82, 2.24) is 10.3 Å². The van der Waals surface area contributed by atoms with Crippen LogP contribution in [0.2, 0.25) is 0 Å². The number of rotatable bonds is 5. The quantitative estimate of drug-likeness (QED) is 0.781. The molecule has 1 unspecified atom stereocenters. The normalized spacial score (nSPS) is 18.3. The van der Waals surface area contributed by atoms with E-state index in [1.165, 1.54) is 18.5 Å². The lowest BCUT2D eigenvalue weighted by Crippen LogP contribution is -2.30. The van der Waals surface area contributed by atoms with E-state index in [2.05, 4.69) is 10.3 Å². The van der Waals surface area contributed by atoms with Crippen LogP contribution < -0.4 is 5.32 Å². The van der Waals surface area contributed by atoms with Crippen LogP contribution in [0, 0.1) is 5.92 Å². The van der Waals surface area contributed by atoms with E-state index in [0.717, 1.165) is 19.1 Å². The van der Waals surface area contributed by atoms with Crippen molar-refractivity contribution in [2.24, 2.45) is 5.92 Å². The Morgan fingerprint density at radius 2 is 2.40 bits per heavy atom. The smallest absolute Gasteiger partial charge is 0.328 e. The molecule has 1 aliphatic rings. The van der Waals surface area contributed by atoms with Gasteiger partial charge in [-0.2, -0.15) is 0 Å². The third-order valence-electron chi connectivity index (χ3n) is 3.08. The van der Waals surface area contributed by atoms with Gasteiger partial charge >= 0.3 is 5.97 Å². The van der Waals surface area contributed by atoms with E-state index in [1.54, 1.807) is 6.07 Å². The Hall–Kier alpha value is -2.21. The van der Waals surface area contributed by atoms with Crippen molar-refractivity contribution in [2.75, 3.05) is 19.8 Å². The summed E-state index contributed by atoms with van der Waals surface area (Å²) in [6.45, 7) is 1.97. The summed E-state index contributed by atoms with van der Waals surface area (Å²) >= 11 is 0. The van der Waals surface area contributed by atoms with E-state index >= 15 is 0 Å². The van der Waals surface area contributed by atoms with E-state index in [9.17, 15) is 9.59 Å². The lowest BCUT2D eigenvalue weighted by Gasteiger charge is -2.10. The van der Waals surface area contributed by atoms with Crippen molar-refractivity contribution < 1.29 is 19.4 Å². The monoisotopic (exact) mass is 276 g/mol. The number of hydrogen-bond acceptors (Lipinski definition) is 4. The molecule has 20 heavy (non-hydrogen) atoms. The maximum absolute atomic E-state index is 12.1. The molecule has 1 saturated heterocycles. The molecule has 6 nitrogen and oxygen atoms in total. The van der Waals surface area contributed by atoms with Crippen LogP contribution >= 0.6 is 0 Å². The van der Waals surface area contributed by atoms with Crippen LogP contribution in [0.5, 0.6) is 0 Å². The summed E-state index contributed by atoms with van der Waals surface area (Å²) in [6.07, 6.45) is 6.27. The van der Waals surface area contributed by atoms with E-state index in [4.69, 9.17) is 9.84 Å². The first-order valence-corrected chi connectivity index (χ1v) is 6.38. The Bertz CT molecular complexity index is 522. The van der Waals surface area contributed by atoms with Gasteiger partial charge in [-0.15, -0.1) is 0 Å². The molecule has 1 aromatic rings. The fraction of sp³-hybridized carbons (Fsp3) is 0.357. The van der Waals surface area contributed by atoms with Gasteiger partial charge in [0.15, 0.2) is 0 Å². The van der Waals surface area contributed by atoms with Crippen LogP contribution in [0.3, 0.4) is 0 Å². The molecule has 1 amide bonds. The van der Waals surface area contributed by atoms with E-state index in [-0.39, 0.29) is 5.91 Å². The summed E-state index contributed by atoms with van der Waals surface area (Å²) < 4.78 is 5.25. The van der Waals surface area contributed by atoms with Crippen molar-refractivity contribution >= 4 is 18.0 Å². The second kappa shape index (κ2) is 6.81. The Morgan fingerprint density at radius 3 is 3.10 bits per heavy atom. The third-order valence-corrected chi connectivity index (χ3v) is 3.08. The lowest BCUT2D eigenvalue weighted by atomic mass is 10.1. The van der Waals surface area contributed by atoms with Gasteiger partial charge in [0.2, 0.25) is 0 Å². The average molecular weight is 276 g/mol. The number of carbonyl (C=O) groups excluding carboxylic acids is 1. The summed E-state index contributed by atoms with van der Waals surface area (Å²) in [6, 6.07) is 1.57. The second-order valence-electron chi connectivity index (χ2n) is 4.57. The van der Waals surface area contributed by atoms with Crippen molar-refractivity contribution in [3.05, 3.63) is 35.7 Å². The minimum atomic E-state index is -1.07. The number of aromatic nitrogens is 1. The SMILES string of the molecule is O=C(O)C=Cc1cnccc1C(=O)NCC1CCOC1. The van der Waals surface area contributed by atoms with Gasteiger partial charge in [-0.3, -0.25) is 9.78 Å². The Kier molecular flexibility index (Phi) is 4.84. The van der Waals surface area contributed by atoms with E-state index < -0.39 is 5.97 Å². The predicted molar refractivity (Wildman–Crippen MR) is 72.2 cm³/mol. The molecule has 2 heterocycles. The highest BCUT2D eigenvalue weighted by atomic mass is 16.5. The van der Waals surface area contributed by atoms with Gasteiger partial charge in [0, 0.05) is 48.7 Å². The Labute approximate surface area is 116 Å². The molecule has 0 aliphatic carbocycles. The van der Waals surface area contributed by atoms with Gasteiger partial charge in [-0.25, -0.2) is 4.79 Å². The maximum Gasteiger partial charge on any atom is 0.328 e. The number of pyridine rings is 1. The van der Waals surface area contributed by atoms with Crippen molar-refractivity contribution in [3.63, 3.8) is 0 Å². The zero-order valence-electron chi connectivity index (χ0n) is 10.9. The topological polar surface area (TPSA) is 88.5 Å². The van der Waals surface area contributed by atoms with Crippen LogP contribution in [0.4, 0.5) is 0 Å². The van der Waals surface area contributed by atoms with Crippen LogP contribution in [-0.4, -0.2) is 41.7 Å². The maximum atomic E-state index is 12.1. The fourth-order valence-electron chi connectivity index (χ4n) is 1.98. The van der Waals surface area contributed by atoms with E-state index in [0.29, 0.717) is 30.2 Å². The molecule has 106 valence electrons. The molecule has 0 saturated carbocycles. The Morgan fingerprint density at radius 1 is 1.55 bits per heavy atom. The van der Waals surface area contributed by atoms with Gasteiger partial charge in [0.25, 0.3) is 5.91 Å². The lowest BCUT2D eigenvalue weighted by molar-refractivity contribution is -0.131. The van der Waals surface area contributed by atoms with Crippen molar-refractivity contribution in [2.45, 2.75) is 6.42 Å². The molecular formula is C14H16N2O4.